The van der Waals surface area contributed by atoms with Crippen LogP contribution in [0.25, 0.3) is 5.69 Å². The average Bonchev–Trinajstić information content (AvgIpc) is 3.22. The summed E-state index contributed by atoms with van der Waals surface area (Å²) in [5.41, 5.74) is 6.97. The molecule has 31 heavy (non-hydrogen) atoms. The number of halogens is 3. The lowest BCUT2D eigenvalue weighted by molar-refractivity contribution is 0.169. The number of nitrogens with zero attached hydrogens (tertiary/aromatic N) is 5. The molecule has 2 aliphatic rings. The van der Waals surface area contributed by atoms with Crippen LogP contribution in [-0.2, 0) is 6.54 Å². The van der Waals surface area contributed by atoms with Crippen molar-refractivity contribution in [3.8, 4) is 5.69 Å². The fourth-order valence-corrected chi connectivity index (χ4v) is 5.23. The molecule has 0 aliphatic carbocycles. The fraction of sp³-hybridized carbons (Fsp3) is 0.381. The van der Waals surface area contributed by atoms with Crippen LogP contribution >= 0.6 is 23.2 Å². The van der Waals surface area contributed by atoms with E-state index >= 15 is 0 Å². The van der Waals surface area contributed by atoms with Gasteiger partial charge in [-0.25, -0.2) is 9.37 Å². The molecule has 1 atom stereocenters. The van der Waals surface area contributed by atoms with Crippen LogP contribution in [-0.4, -0.2) is 32.4 Å². The standard InChI is InChI=1S/C21H21Cl2FN6O/c1-12-27-16(9-17(31)30(12)15-4-2-3-13(22)18(15)23)28-7-5-21(6-8-28)11-29-19(20(21)25)14(24)10-26-29/h2-4,9-10,20H,5-8,11,25H2,1H3/t20-/m1/s1. The van der Waals surface area contributed by atoms with E-state index in [1.54, 1.807) is 29.8 Å². The van der Waals surface area contributed by atoms with Gasteiger partial charge in [0.25, 0.3) is 5.56 Å². The van der Waals surface area contributed by atoms with Gasteiger partial charge in [-0.2, -0.15) is 5.10 Å². The molecule has 0 bridgehead atoms. The number of nitrogens with two attached hydrogens (primary N) is 1. The highest BCUT2D eigenvalue weighted by molar-refractivity contribution is 6.43. The number of hydrogen-bond acceptors (Lipinski definition) is 5. The molecule has 2 aliphatic heterocycles. The van der Waals surface area contributed by atoms with Crippen molar-refractivity contribution in [2.24, 2.45) is 11.1 Å². The Morgan fingerprint density at radius 2 is 2.00 bits per heavy atom. The minimum Gasteiger partial charge on any atom is -0.356 e. The Bertz CT molecular complexity index is 1230. The first-order valence-corrected chi connectivity index (χ1v) is 10.8. The topological polar surface area (TPSA) is 82.0 Å². The molecular weight excluding hydrogens is 442 g/mol. The van der Waals surface area contributed by atoms with E-state index in [2.05, 4.69) is 15.0 Å². The van der Waals surface area contributed by atoms with Crippen molar-refractivity contribution in [2.75, 3.05) is 18.0 Å². The highest BCUT2D eigenvalue weighted by Gasteiger charge is 2.48. The van der Waals surface area contributed by atoms with E-state index in [4.69, 9.17) is 28.9 Å². The molecule has 2 aromatic heterocycles. The first-order valence-electron chi connectivity index (χ1n) is 10.1. The Morgan fingerprint density at radius 3 is 2.68 bits per heavy atom. The van der Waals surface area contributed by atoms with Gasteiger partial charge in [-0.05, 0) is 31.9 Å². The van der Waals surface area contributed by atoms with Crippen molar-refractivity contribution in [3.05, 3.63) is 68.2 Å². The molecule has 10 heteroatoms. The molecule has 4 heterocycles. The van der Waals surface area contributed by atoms with Gasteiger partial charge in [0.2, 0.25) is 0 Å². The van der Waals surface area contributed by atoms with Crippen LogP contribution in [0.1, 0.15) is 30.4 Å². The number of hydrogen-bond donors (Lipinski definition) is 1. The molecular formula is C21H21Cl2FN6O. The van der Waals surface area contributed by atoms with E-state index < -0.39 is 0 Å². The third-order valence-electron chi connectivity index (χ3n) is 6.58. The van der Waals surface area contributed by atoms with Gasteiger partial charge in [-0.1, -0.05) is 29.3 Å². The maximum Gasteiger partial charge on any atom is 0.260 e. The van der Waals surface area contributed by atoms with Crippen LogP contribution < -0.4 is 16.2 Å². The molecule has 0 amide bonds. The van der Waals surface area contributed by atoms with Crippen LogP contribution in [0.2, 0.25) is 10.0 Å². The van der Waals surface area contributed by atoms with Crippen molar-refractivity contribution in [2.45, 2.75) is 32.4 Å². The van der Waals surface area contributed by atoms with Gasteiger partial charge in [-0.3, -0.25) is 14.0 Å². The SMILES string of the molecule is Cc1nc(N2CCC3(CC2)Cn2ncc(F)c2[C@H]3N)cc(=O)n1-c1cccc(Cl)c1Cl. The summed E-state index contributed by atoms with van der Waals surface area (Å²) < 4.78 is 17.2. The number of anilines is 1. The Kier molecular flexibility index (Phi) is 4.84. The average molecular weight is 463 g/mol. The molecule has 5 rings (SSSR count). The zero-order valence-electron chi connectivity index (χ0n) is 16.9. The largest absolute Gasteiger partial charge is 0.356 e. The van der Waals surface area contributed by atoms with Crippen molar-refractivity contribution >= 4 is 29.0 Å². The lowest BCUT2D eigenvalue weighted by Crippen LogP contribution is -2.45. The zero-order valence-corrected chi connectivity index (χ0v) is 18.4. The van der Waals surface area contributed by atoms with Crippen LogP contribution in [0.3, 0.4) is 0 Å². The number of benzene rings is 1. The van der Waals surface area contributed by atoms with Crippen molar-refractivity contribution in [1.82, 2.24) is 19.3 Å². The predicted octanol–water partition coefficient (Wildman–Crippen LogP) is 3.48. The Balaban J connectivity index is 1.39. The Labute approximate surface area is 188 Å². The van der Waals surface area contributed by atoms with Crippen molar-refractivity contribution in [3.63, 3.8) is 0 Å². The van der Waals surface area contributed by atoms with Crippen molar-refractivity contribution < 1.29 is 4.39 Å². The van der Waals surface area contributed by atoms with Gasteiger partial charge < -0.3 is 10.6 Å². The number of fused-ring (bicyclic) bond motifs is 1. The summed E-state index contributed by atoms with van der Waals surface area (Å²) in [5, 5.41) is 4.80. The van der Waals surface area contributed by atoms with E-state index in [0.29, 0.717) is 52.7 Å². The second-order valence-electron chi connectivity index (χ2n) is 8.27. The molecule has 1 saturated heterocycles. The van der Waals surface area contributed by atoms with Gasteiger partial charge >= 0.3 is 0 Å². The third-order valence-corrected chi connectivity index (χ3v) is 7.39. The van der Waals surface area contributed by atoms with E-state index in [1.165, 1.54) is 16.8 Å². The first-order chi connectivity index (χ1) is 14.8. The summed E-state index contributed by atoms with van der Waals surface area (Å²) in [6.07, 6.45) is 2.76. The van der Waals surface area contributed by atoms with Gasteiger partial charge in [-0.15, -0.1) is 0 Å². The van der Waals surface area contributed by atoms with Gasteiger partial charge in [0.05, 0.1) is 33.7 Å². The third kappa shape index (κ3) is 3.16. The second-order valence-corrected chi connectivity index (χ2v) is 9.06. The molecule has 1 fully saturated rings. The summed E-state index contributed by atoms with van der Waals surface area (Å²) in [6, 6.07) is 6.28. The molecule has 7 nitrogen and oxygen atoms in total. The van der Waals surface area contributed by atoms with Crippen LogP contribution in [0, 0.1) is 18.2 Å². The Morgan fingerprint density at radius 1 is 1.26 bits per heavy atom. The minimum atomic E-state index is -0.384. The number of aryl methyl sites for hydroxylation is 1. The summed E-state index contributed by atoms with van der Waals surface area (Å²) in [6.45, 7) is 3.73. The highest BCUT2D eigenvalue weighted by Crippen LogP contribution is 2.48. The van der Waals surface area contributed by atoms with Crippen LogP contribution in [0.4, 0.5) is 10.2 Å². The number of piperidine rings is 1. The molecule has 0 unspecified atom stereocenters. The molecule has 3 aromatic rings. The maximum atomic E-state index is 14.1. The first kappa shape index (κ1) is 20.5. The van der Waals surface area contributed by atoms with Gasteiger partial charge in [0.1, 0.15) is 11.6 Å². The van der Waals surface area contributed by atoms with Gasteiger partial charge in [0.15, 0.2) is 5.82 Å². The van der Waals surface area contributed by atoms with E-state index in [-0.39, 0.29) is 22.8 Å². The molecule has 1 spiro atoms. The normalized spacial score (nSPS) is 19.8. The predicted molar refractivity (Wildman–Crippen MR) is 118 cm³/mol. The summed E-state index contributed by atoms with van der Waals surface area (Å²) in [4.78, 5) is 19.7. The van der Waals surface area contributed by atoms with Gasteiger partial charge in [0, 0.05) is 31.1 Å². The molecule has 0 radical (unpaired) electrons. The summed E-state index contributed by atoms with van der Waals surface area (Å²) in [7, 11) is 0. The van der Waals surface area contributed by atoms with Crippen LogP contribution in [0.5, 0.6) is 0 Å². The smallest absolute Gasteiger partial charge is 0.260 e. The summed E-state index contributed by atoms with van der Waals surface area (Å²) >= 11 is 12.4. The molecule has 0 saturated carbocycles. The highest BCUT2D eigenvalue weighted by atomic mass is 35.5. The van der Waals surface area contributed by atoms with Crippen molar-refractivity contribution in [1.29, 1.82) is 0 Å². The lowest BCUT2D eigenvalue weighted by atomic mass is 9.73. The maximum absolute atomic E-state index is 14.1. The summed E-state index contributed by atoms with van der Waals surface area (Å²) in [5.74, 6) is 0.793. The molecule has 162 valence electrons. The minimum absolute atomic E-state index is 0.223. The van der Waals surface area contributed by atoms with E-state index in [0.717, 1.165) is 12.8 Å². The second kappa shape index (κ2) is 7.32. The zero-order chi connectivity index (χ0) is 21.9. The quantitative estimate of drug-likeness (QED) is 0.630. The molecule has 1 aromatic carbocycles. The number of rotatable bonds is 2. The lowest BCUT2D eigenvalue weighted by Gasteiger charge is -2.41. The van der Waals surface area contributed by atoms with E-state index in [1.807, 2.05) is 0 Å². The number of aromatic nitrogens is 4. The molecule has 2 N–H and O–H groups in total. The monoisotopic (exact) mass is 462 g/mol. The van der Waals surface area contributed by atoms with E-state index in [9.17, 15) is 9.18 Å². The Hall–Kier alpha value is -2.42. The van der Waals surface area contributed by atoms with Crippen LogP contribution in [0.15, 0.2) is 35.3 Å². The fourth-order valence-electron chi connectivity index (χ4n) is 4.85.